The number of aliphatic hydroxyl groups excluding tert-OH is 5. The van der Waals surface area contributed by atoms with Crippen LogP contribution in [0.1, 0.15) is 139 Å². The van der Waals surface area contributed by atoms with Gasteiger partial charge in [0, 0.05) is 61.9 Å². The maximum atomic E-state index is 14.0. The number of allylic oxidation sites excluding steroid dienone is 5. The molecule has 3 aliphatic rings. The van der Waals surface area contributed by atoms with E-state index < -0.39 is 84.0 Å². The molecule has 17 nitrogen and oxygen atoms in total. The standard InChI is InChI=1S/C59H93N5O12/c1-11-44-31-38(6)59(63-55(44)72)42(10)53(70)41(9)51(76-59)34-50(69)37(5)22-15-12-14-21-36(4)48(67)25-16-13-17-26-49(68)40(8)54(71)46(28-27-39(7)65)56(73)62-52(35(2)3)57(74)61-47(33-43-23-20-24-45(66)32-43)58(75)64-30-19-18-29-60-64/h12-14,16-17,20-21,23-24,26,32,35,37-38,40-42,44,46-54,60,66-71H,11,15,18-19,22,25,27-31,33-34H2,1-10H3,(H,61,74)(H,62,73)(H,63,72)/b14-12+,16-13+,26-17+,36-21+/t37-,38+,40-,41-,42?,44+,46-,47-,48-,49-,50-,51-,52-,53-,54+,59?/m0/s1. The van der Waals surface area contributed by atoms with Crippen molar-refractivity contribution in [3.63, 3.8) is 0 Å². The van der Waals surface area contributed by atoms with Gasteiger partial charge in [-0.2, -0.15) is 0 Å². The summed E-state index contributed by atoms with van der Waals surface area (Å²) in [6.45, 7) is 19.2. The van der Waals surface area contributed by atoms with E-state index in [1.807, 2.05) is 52.8 Å². The highest BCUT2D eigenvalue weighted by Crippen LogP contribution is 2.46. The number of hydrazine groups is 1. The summed E-state index contributed by atoms with van der Waals surface area (Å²) in [5.41, 5.74) is 3.46. The van der Waals surface area contributed by atoms with E-state index in [4.69, 9.17) is 4.74 Å². The van der Waals surface area contributed by atoms with Gasteiger partial charge in [-0.15, -0.1) is 0 Å². The van der Waals surface area contributed by atoms with Crippen molar-refractivity contribution in [3.8, 4) is 5.75 Å². The molecule has 0 aromatic heterocycles. The highest BCUT2D eigenvalue weighted by Gasteiger charge is 2.57. The minimum absolute atomic E-state index is 0.00559. The van der Waals surface area contributed by atoms with Crippen LogP contribution in [0.15, 0.2) is 72.4 Å². The number of rotatable bonds is 27. The van der Waals surface area contributed by atoms with E-state index in [0.717, 1.165) is 24.8 Å². The van der Waals surface area contributed by atoms with Crippen LogP contribution < -0.4 is 21.4 Å². The summed E-state index contributed by atoms with van der Waals surface area (Å²) in [5.74, 6) is -5.06. The summed E-state index contributed by atoms with van der Waals surface area (Å²) in [4.78, 5) is 66.8. The zero-order chi connectivity index (χ0) is 56.4. The number of amides is 4. The fourth-order valence-corrected chi connectivity index (χ4v) is 10.7. The van der Waals surface area contributed by atoms with E-state index in [1.54, 1.807) is 51.1 Å². The average Bonchev–Trinajstić information content (AvgIpc) is 3.38. The number of carbonyl (C=O) groups excluding carboxylic acids is 5. The van der Waals surface area contributed by atoms with Gasteiger partial charge in [0.2, 0.25) is 17.7 Å². The van der Waals surface area contributed by atoms with Crippen LogP contribution in [0.3, 0.4) is 0 Å². The molecule has 1 spiro atoms. The van der Waals surface area contributed by atoms with Crippen molar-refractivity contribution in [3.05, 3.63) is 77.9 Å². The lowest BCUT2D eigenvalue weighted by Gasteiger charge is -2.56. The lowest BCUT2D eigenvalue weighted by atomic mass is 9.69. The van der Waals surface area contributed by atoms with Crippen LogP contribution in [0.25, 0.3) is 0 Å². The molecule has 4 amide bonds. The van der Waals surface area contributed by atoms with E-state index >= 15 is 0 Å². The number of nitrogens with one attached hydrogen (secondary N) is 4. The number of aromatic hydroxyl groups is 1. The second-order valence-corrected chi connectivity index (χ2v) is 22.5. The van der Waals surface area contributed by atoms with Crippen molar-refractivity contribution >= 4 is 29.4 Å². The van der Waals surface area contributed by atoms with Crippen LogP contribution in [-0.4, -0.2) is 133 Å². The molecule has 10 N–H and O–H groups in total. The summed E-state index contributed by atoms with van der Waals surface area (Å²) in [6.07, 6.45) is 12.1. The van der Waals surface area contributed by atoms with E-state index in [1.165, 1.54) is 30.1 Å². The number of ketones is 1. The van der Waals surface area contributed by atoms with Crippen LogP contribution >= 0.6 is 0 Å². The topological polar surface area (TPSA) is 267 Å². The molecule has 1 aromatic carbocycles. The maximum Gasteiger partial charge on any atom is 0.259 e. The molecule has 3 heterocycles. The third kappa shape index (κ3) is 17.9. The summed E-state index contributed by atoms with van der Waals surface area (Å²) >= 11 is 0. The third-order valence-corrected chi connectivity index (χ3v) is 16.3. The number of piperidine rings is 1. The Morgan fingerprint density at radius 2 is 1.67 bits per heavy atom. The first-order valence-electron chi connectivity index (χ1n) is 27.9. The van der Waals surface area contributed by atoms with Gasteiger partial charge in [-0.05, 0) is 100 Å². The molecule has 0 bridgehead atoms. The second-order valence-electron chi connectivity index (χ2n) is 22.5. The number of phenolic OH excluding ortho intramolecular Hbond substituents is 1. The van der Waals surface area contributed by atoms with E-state index in [-0.39, 0.29) is 78.6 Å². The van der Waals surface area contributed by atoms with Crippen LogP contribution in [0, 0.1) is 47.3 Å². The number of benzene rings is 1. The molecule has 0 radical (unpaired) electrons. The molecule has 3 saturated heterocycles. The smallest absolute Gasteiger partial charge is 0.259 e. The van der Waals surface area contributed by atoms with Gasteiger partial charge in [-0.1, -0.05) is 110 Å². The number of hydrogen-bond donors (Lipinski definition) is 10. The van der Waals surface area contributed by atoms with Crippen molar-refractivity contribution in [1.29, 1.82) is 0 Å². The predicted molar refractivity (Wildman–Crippen MR) is 293 cm³/mol. The van der Waals surface area contributed by atoms with E-state index in [0.29, 0.717) is 44.3 Å². The van der Waals surface area contributed by atoms with Gasteiger partial charge in [0.05, 0.1) is 42.5 Å². The highest BCUT2D eigenvalue weighted by molar-refractivity contribution is 5.93. The number of Topliss-reactive ketones (excluding diaryl/α,β-unsaturated/α-hetero) is 1. The molecule has 17 heteroatoms. The summed E-state index contributed by atoms with van der Waals surface area (Å²) in [6, 6.07) is 4.26. The van der Waals surface area contributed by atoms with Gasteiger partial charge in [-0.3, -0.25) is 24.2 Å². The molecular weight excluding hydrogens is 971 g/mol. The van der Waals surface area contributed by atoms with Gasteiger partial charge in [-0.25, -0.2) is 5.43 Å². The van der Waals surface area contributed by atoms with Gasteiger partial charge in [0.1, 0.15) is 29.3 Å². The SMILES string of the molecule is CC[C@@H]1C[C@@H](C)C2(NC1=O)O[C@@H](C[C@H](O)[C@@H](C)CC/C=C/C=C(\C)[C@@H](O)C/C=C/C=C/[C@H](O)[C@H](C)[C@@H](O)[C@H](CCC(C)=O)C(=O)N[C@H](C(=O)N[C@@H](Cc1cccc(O)c1)C(=O)N1CCCCN1)C(C)C)[C@H](C)[C@H](O)C2C. The average molecular weight is 1060 g/mol. The Labute approximate surface area is 452 Å². The monoisotopic (exact) mass is 1060 g/mol. The Balaban J connectivity index is 1.28. The molecule has 426 valence electrons. The molecule has 4 rings (SSSR count). The summed E-state index contributed by atoms with van der Waals surface area (Å²) in [7, 11) is 0. The molecule has 16 atom stereocenters. The summed E-state index contributed by atoms with van der Waals surface area (Å²) in [5, 5.41) is 76.4. The number of aliphatic hydroxyl groups is 5. The van der Waals surface area contributed by atoms with Crippen molar-refractivity contribution in [2.24, 2.45) is 47.3 Å². The van der Waals surface area contributed by atoms with Gasteiger partial charge < -0.3 is 56.1 Å². The lowest BCUT2D eigenvalue weighted by Crippen LogP contribution is -2.71. The minimum atomic E-state index is -1.42. The van der Waals surface area contributed by atoms with Crippen molar-refractivity contribution in [2.45, 2.75) is 194 Å². The first kappa shape index (κ1) is 63.8. The molecule has 1 aromatic rings. The Morgan fingerprint density at radius 3 is 2.32 bits per heavy atom. The van der Waals surface area contributed by atoms with Crippen molar-refractivity contribution < 1.29 is 59.3 Å². The molecule has 3 aliphatic heterocycles. The second kappa shape index (κ2) is 30.4. The molecule has 3 fully saturated rings. The molecule has 76 heavy (non-hydrogen) atoms. The predicted octanol–water partition coefficient (Wildman–Crippen LogP) is 5.47. The molecule has 2 unspecified atom stereocenters. The quantitative estimate of drug-likeness (QED) is 0.0491. The van der Waals surface area contributed by atoms with E-state index in [2.05, 4.69) is 28.3 Å². The maximum absolute atomic E-state index is 14.0. The molecule has 0 saturated carbocycles. The van der Waals surface area contributed by atoms with Crippen LogP contribution in [-0.2, 0) is 35.1 Å². The highest BCUT2D eigenvalue weighted by atomic mass is 16.5. The molecular formula is C59H93N5O12. The third-order valence-electron chi connectivity index (χ3n) is 16.3. The van der Waals surface area contributed by atoms with Gasteiger partial charge in [0.25, 0.3) is 5.91 Å². The van der Waals surface area contributed by atoms with Crippen LogP contribution in [0.4, 0.5) is 0 Å². The van der Waals surface area contributed by atoms with Crippen LogP contribution in [0.5, 0.6) is 5.75 Å². The fraction of sp³-hybridized carbons (Fsp3) is 0.678. The van der Waals surface area contributed by atoms with Gasteiger partial charge >= 0.3 is 0 Å². The normalized spacial score (nSPS) is 27.2. The zero-order valence-electron chi connectivity index (χ0n) is 46.9. The Hall–Kier alpha value is -4.75. The summed E-state index contributed by atoms with van der Waals surface area (Å²) < 4.78 is 6.68. The first-order chi connectivity index (χ1) is 35.9. The number of carbonyl (C=O) groups is 5. The van der Waals surface area contributed by atoms with Crippen LogP contribution in [0.2, 0.25) is 0 Å². The van der Waals surface area contributed by atoms with Gasteiger partial charge in [0.15, 0.2) is 0 Å². The zero-order valence-corrected chi connectivity index (χ0v) is 46.9. The minimum Gasteiger partial charge on any atom is -0.508 e. The Kier molecular flexibility index (Phi) is 25.5. The number of hydrogen-bond acceptors (Lipinski definition) is 13. The Morgan fingerprint density at radius 1 is 0.947 bits per heavy atom. The number of phenols is 1. The van der Waals surface area contributed by atoms with Crippen molar-refractivity contribution in [1.82, 2.24) is 26.4 Å². The number of ether oxygens (including phenoxy) is 1. The Bertz CT molecular complexity index is 2180. The van der Waals surface area contributed by atoms with E-state index in [9.17, 15) is 54.6 Å². The molecule has 0 aliphatic carbocycles. The largest absolute Gasteiger partial charge is 0.508 e. The first-order valence-corrected chi connectivity index (χ1v) is 27.9. The number of nitrogens with zero attached hydrogens (tertiary/aromatic N) is 1. The fourth-order valence-electron chi connectivity index (χ4n) is 10.7. The van der Waals surface area contributed by atoms with Crippen molar-refractivity contribution in [2.75, 3.05) is 13.1 Å². The lowest BCUT2D eigenvalue weighted by molar-refractivity contribution is -0.267.